The minimum Gasteiger partial charge on any atom is -0.488 e. The van der Waals surface area contributed by atoms with Gasteiger partial charge in [-0.25, -0.2) is 14.8 Å². The number of aromatic nitrogens is 5. The Morgan fingerprint density at radius 3 is 2.63 bits per heavy atom. The average molecular weight is 803 g/mol. The van der Waals surface area contributed by atoms with Crippen LogP contribution in [0.15, 0.2) is 91.3 Å². The topological polar surface area (TPSA) is 156 Å². The van der Waals surface area contributed by atoms with Gasteiger partial charge in [-0.3, -0.25) is 14.2 Å². The highest BCUT2D eigenvalue weighted by Gasteiger charge is 2.56. The summed E-state index contributed by atoms with van der Waals surface area (Å²) in [6.07, 6.45) is 6.36. The second kappa shape index (κ2) is 14.8. The van der Waals surface area contributed by atoms with Crippen LogP contribution in [0.4, 0.5) is 4.79 Å². The van der Waals surface area contributed by atoms with Crippen molar-refractivity contribution in [1.29, 1.82) is 0 Å². The molecular weight excluding hydrogens is 759 g/mol. The molecule has 0 spiro atoms. The molecular formula is C47H44N7O6. The van der Waals surface area contributed by atoms with Crippen molar-refractivity contribution >= 4 is 39.7 Å². The largest absolute Gasteiger partial charge is 0.488 e. The Morgan fingerprint density at radius 2 is 1.83 bits per heavy atom. The monoisotopic (exact) mass is 802 g/mol. The molecule has 1 saturated heterocycles. The maximum atomic E-state index is 14.0. The number of imidazole rings is 2. The van der Waals surface area contributed by atoms with Crippen LogP contribution in [0.3, 0.4) is 0 Å². The Morgan fingerprint density at radius 1 is 0.983 bits per heavy atom. The fourth-order valence-electron chi connectivity index (χ4n) is 9.00. The van der Waals surface area contributed by atoms with Crippen LogP contribution in [-0.4, -0.2) is 73.6 Å². The second-order valence-electron chi connectivity index (χ2n) is 16.3. The van der Waals surface area contributed by atoms with E-state index in [0.29, 0.717) is 30.7 Å². The van der Waals surface area contributed by atoms with Crippen molar-refractivity contribution in [2.45, 2.75) is 58.0 Å². The number of aromatic amines is 2. The molecule has 0 bridgehead atoms. The van der Waals surface area contributed by atoms with Crippen molar-refractivity contribution in [2.75, 3.05) is 14.2 Å². The first-order valence-electron chi connectivity index (χ1n) is 20.3. The summed E-state index contributed by atoms with van der Waals surface area (Å²) in [5, 5.41) is 4.78. The third-order valence-electron chi connectivity index (χ3n) is 12.1. The number of benzene rings is 4. The number of hydrogen-bond acceptors (Lipinski definition) is 8. The van der Waals surface area contributed by atoms with Crippen LogP contribution in [0.2, 0.25) is 0 Å². The van der Waals surface area contributed by atoms with Crippen LogP contribution in [0.1, 0.15) is 60.0 Å². The van der Waals surface area contributed by atoms with Gasteiger partial charge in [0.25, 0.3) is 0 Å². The van der Waals surface area contributed by atoms with E-state index in [4.69, 9.17) is 24.2 Å². The van der Waals surface area contributed by atoms with E-state index in [1.165, 1.54) is 7.11 Å². The van der Waals surface area contributed by atoms with Crippen molar-refractivity contribution in [3.05, 3.63) is 120 Å². The van der Waals surface area contributed by atoms with Gasteiger partial charge in [0.15, 0.2) is 5.82 Å². The summed E-state index contributed by atoms with van der Waals surface area (Å²) in [6.45, 7) is 4.60. The van der Waals surface area contributed by atoms with Crippen LogP contribution in [0.25, 0.3) is 55.7 Å². The number of methoxy groups -OCH3 is 2. The predicted octanol–water partition coefficient (Wildman–Crippen LogP) is 8.22. The third-order valence-corrected chi connectivity index (χ3v) is 12.1. The molecule has 2 fully saturated rings. The Bertz CT molecular complexity index is 2820. The van der Waals surface area contributed by atoms with Crippen LogP contribution >= 0.6 is 0 Å². The number of fused-ring (bicyclic) bond motifs is 7. The summed E-state index contributed by atoms with van der Waals surface area (Å²) in [4.78, 5) is 58.3. The quantitative estimate of drug-likeness (QED) is 0.125. The Kier molecular flexibility index (Phi) is 9.27. The van der Waals surface area contributed by atoms with E-state index in [0.717, 1.165) is 85.3 Å². The van der Waals surface area contributed by atoms with Gasteiger partial charge in [-0.15, -0.1) is 0 Å². The van der Waals surface area contributed by atoms with Gasteiger partial charge < -0.3 is 34.4 Å². The van der Waals surface area contributed by atoms with E-state index < -0.39 is 12.1 Å². The van der Waals surface area contributed by atoms with E-state index in [-0.39, 0.29) is 29.8 Å². The first-order chi connectivity index (χ1) is 29.2. The predicted molar refractivity (Wildman–Crippen MR) is 226 cm³/mol. The lowest BCUT2D eigenvalue weighted by molar-refractivity contribution is -0.136. The molecule has 7 aromatic rings. The first-order valence-corrected chi connectivity index (χ1v) is 20.3. The lowest BCUT2D eigenvalue weighted by Crippen LogP contribution is -2.52. The lowest BCUT2D eigenvalue weighted by atomic mass is 9.92. The maximum absolute atomic E-state index is 14.0. The molecule has 2 amide bonds. The highest BCUT2D eigenvalue weighted by Crippen LogP contribution is 2.54. The summed E-state index contributed by atoms with van der Waals surface area (Å²) in [7, 11) is 2.93. The van der Waals surface area contributed by atoms with Crippen molar-refractivity contribution in [2.24, 2.45) is 11.8 Å². The van der Waals surface area contributed by atoms with Gasteiger partial charge in [-0.1, -0.05) is 62.4 Å². The fourth-order valence-corrected chi connectivity index (χ4v) is 9.00. The van der Waals surface area contributed by atoms with Crippen LogP contribution in [0.5, 0.6) is 5.75 Å². The van der Waals surface area contributed by atoms with E-state index in [1.54, 1.807) is 30.5 Å². The first kappa shape index (κ1) is 37.5. The minimum absolute atomic E-state index is 0.107. The zero-order chi connectivity index (χ0) is 41.2. The van der Waals surface area contributed by atoms with Gasteiger partial charge in [0.2, 0.25) is 11.8 Å². The number of rotatable bonds is 10. The number of carbonyl (C=O) groups is 3. The number of nitrogens with one attached hydrogen (secondary N) is 3. The third kappa shape index (κ3) is 6.58. The highest BCUT2D eigenvalue weighted by atomic mass is 16.5. The zero-order valence-corrected chi connectivity index (χ0v) is 33.7. The molecule has 4 aromatic carbocycles. The molecule has 60 heavy (non-hydrogen) atoms. The van der Waals surface area contributed by atoms with Gasteiger partial charge in [0.1, 0.15) is 24.2 Å². The van der Waals surface area contributed by atoms with Gasteiger partial charge in [0, 0.05) is 30.3 Å². The number of piperidine rings is 1. The number of carbonyl (C=O) groups excluding carboxylic acids is 3. The van der Waals surface area contributed by atoms with Crippen LogP contribution < -0.4 is 10.1 Å². The lowest BCUT2D eigenvalue weighted by Gasteiger charge is -2.31. The molecule has 5 heterocycles. The molecule has 3 N–H and O–H groups in total. The number of amides is 2. The van der Waals surface area contributed by atoms with Crippen molar-refractivity contribution in [3.8, 4) is 39.7 Å². The smallest absolute Gasteiger partial charge is 0.407 e. The van der Waals surface area contributed by atoms with Crippen LogP contribution in [-0.2, 0) is 27.5 Å². The number of ether oxygens (including phenoxy) is 3. The molecule has 13 heteroatoms. The number of hydrogen-bond donors (Lipinski definition) is 3. The normalized spacial score (nSPS) is 18.2. The Labute approximate surface area is 346 Å². The fraction of sp³-hybridized carbons (Fsp3) is 0.277. The average Bonchev–Trinajstić information content (AvgIpc) is 3.72. The Hall–Kier alpha value is -6.73. The van der Waals surface area contributed by atoms with Crippen LogP contribution in [0, 0.1) is 18.3 Å². The summed E-state index contributed by atoms with van der Waals surface area (Å²) < 4.78 is 18.3. The number of nitrogens with zero attached hydrogens (tertiary/aromatic N) is 4. The van der Waals surface area contributed by atoms with Gasteiger partial charge in [-0.2, -0.15) is 0 Å². The second-order valence-corrected chi connectivity index (χ2v) is 16.3. The van der Waals surface area contributed by atoms with E-state index in [2.05, 4.69) is 51.7 Å². The summed E-state index contributed by atoms with van der Waals surface area (Å²) in [5.74, 6) is 2.12. The summed E-state index contributed by atoms with van der Waals surface area (Å²) in [5.41, 5.74) is 8.93. The molecule has 3 aliphatic rings. The zero-order valence-electron chi connectivity index (χ0n) is 33.7. The molecule has 1 unspecified atom stereocenters. The van der Waals surface area contributed by atoms with Crippen molar-refractivity contribution in [3.63, 3.8) is 0 Å². The molecule has 303 valence electrons. The van der Waals surface area contributed by atoms with Gasteiger partial charge in [-0.05, 0) is 88.2 Å². The maximum Gasteiger partial charge on any atom is 0.407 e. The molecule has 10 rings (SSSR count). The van der Waals surface area contributed by atoms with Crippen molar-refractivity contribution < 1.29 is 28.6 Å². The molecule has 1 radical (unpaired) electrons. The number of alkyl carbamates (subject to hydrolysis) is 1. The molecule has 1 saturated carbocycles. The van der Waals surface area contributed by atoms with E-state index in [1.807, 2.05) is 61.2 Å². The van der Waals surface area contributed by atoms with Gasteiger partial charge >= 0.3 is 6.09 Å². The number of likely N-dealkylation sites (tertiary alicyclic amines) is 1. The summed E-state index contributed by atoms with van der Waals surface area (Å²) >= 11 is 0. The molecule has 2 aliphatic heterocycles. The molecule has 3 aromatic heterocycles. The van der Waals surface area contributed by atoms with Crippen molar-refractivity contribution in [1.82, 2.24) is 34.7 Å². The SMILES string of the molecule is COCc1cc(-c2ncc(-c3ccc4c(c3)COc3cc5c(ccc6nc([C@@H]7C[C@H]8CC8N7C(=O)[C@@H](NC(=O)OC)C(C)C)[nH]c65)cc3-4)[nH]2)n(C(=O)[CH]c2ccccc2)c1. The molecule has 1 aliphatic carbocycles. The minimum atomic E-state index is -0.696. The number of H-pyrrole nitrogens is 2. The molecule has 13 nitrogen and oxygen atoms in total. The molecule has 4 atom stereocenters. The van der Waals surface area contributed by atoms with E-state index >= 15 is 0 Å². The standard InChI is InChI=1S/C47H44N7O6/c1-25(2)42(52-47(57)59-4)46(56)54-37-18-30(37)19-39(54)45-49-35-13-11-28-17-34-32-12-10-29(16-31(32)24-60-40(34)20-33(28)43(35)51-45)36-21-48-44(50-36)38-14-27(23-58-3)22-53(38)41(55)15-26-8-6-5-7-9-26/h5-17,20-22,25,30,37,39,42H,18-19,23-24H2,1-4H3,(H,48,50)(H,49,51)(H,52,57)/t30-,37?,39+,42+/m1/s1. The summed E-state index contributed by atoms with van der Waals surface area (Å²) in [6, 6.07) is 25.3. The van der Waals surface area contributed by atoms with E-state index in [9.17, 15) is 14.4 Å². The highest BCUT2D eigenvalue weighted by molar-refractivity contribution is 6.07. The van der Waals surface area contributed by atoms with Gasteiger partial charge in [0.05, 0.1) is 54.8 Å². The Balaban J connectivity index is 0.925.